The van der Waals surface area contributed by atoms with E-state index < -0.39 is 0 Å². The van der Waals surface area contributed by atoms with Gasteiger partial charge in [0, 0.05) is 38.1 Å². The molecule has 1 aromatic heterocycles. The van der Waals surface area contributed by atoms with Crippen molar-refractivity contribution in [2.45, 2.75) is 52.6 Å². The van der Waals surface area contributed by atoms with Gasteiger partial charge in [0.15, 0.2) is 0 Å². The predicted molar refractivity (Wildman–Crippen MR) is 80.4 cm³/mol. The minimum atomic E-state index is 0.676. The van der Waals surface area contributed by atoms with Gasteiger partial charge < -0.3 is 14.8 Å². The zero-order valence-corrected chi connectivity index (χ0v) is 12.6. The fraction of sp³-hybridized carbons (Fsp3) is 0.800. The Hall–Kier alpha value is -1.03. The summed E-state index contributed by atoms with van der Waals surface area (Å²) >= 11 is 0. The summed E-state index contributed by atoms with van der Waals surface area (Å²) < 4.78 is 2.28. The average Bonchev–Trinajstić information content (AvgIpc) is 3.00. The van der Waals surface area contributed by atoms with Crippen LogP contribution in [0.2, 0.25) is 0 Å². The van der Waals surface area contributed by atoms with Gasteiger partial charge in [-0.1, -0.05) is 13.3 Å². The highest BCUT2D eigenvalue weighted by Gasteiger charge is 2.24. The zero-order valence-electron chi connectivity index (χ0n) is 12.6. The molecule has 0 aliphatic carbocycles. The molecule has 108 valence electrons. The van der Waals surface area contributed by atoms with Crippen molar-refractivity contribution in [3.8, 4) is 0 Å². The molecule has 0 bridgehead atoms. The molecular formula is C15H28N4. The Morgan fingerprint density at radius 2 is 2.32 bits per heavy atom. The number of aromatic nitrogens is 2. The van der Waals surface area contributed by atoms with Crippen molar-refractivity contribution in [2.75, 3.05) is 25.0 Å². The first-order chi connectivity index (χ1) is 9.20. The van der Waals surface area contributed by atoms with E-state index in [2.05, 4.69) is 46.7 Å². The smallest absolute Gasteiger partial charge is 0.202 e. The van der Waals surface area contributed by atoms with Gasteiger partial charge in [0.1, 0.15) is 0 Å². The molecule has 1 N–H and O–H groups in total. The fourth-order valence-electron chi connectivity index (χ4n) is 2.76. The topological polar surface area (TPSA) is 33.1 Å². The molecular weight excluding hydrogens is 236 g/mol. The minimum Gasteiger partial charge on any atom is -0.356 e. The molecule has 1 saturated heterocycles. The molecule has 4 nitrogen and oxygen atoms in total. The molecule has 0 amide bonds. The summed E-state index contributed by atoms with van der Waals surface area (Å²) in [5.74, 6) is 1.81. The van der Waals surface area contributed by atoms with Gasteiger partial charge in [-0.05, 0) is 39.2 Å². The lowest BCUT2D eigenvalue weighted by molar-refractivity contribution is 0.261. The fourth-order valence-corrected chi connectivity index (χ4v) is 2.76. The Balaban J connectivity index is 1.84. The van der Waals surface area contributed by atoms with Gasteiger partial charge in [-0.2, -0.15) is 0 Å². The molecule has 1 aliphatic heterocycles. The van der Waals surface area contributed by atoms with E-state index >= 15 is 0 Å². The van der Waals surface area contributed by atoms with Crippen LogP contribution in [0, 0.1) is 5.92 Å². The maximum absolute atomic E-state index is 4.42. The molecule has 4 heteroatoms. The zero-order chi connectivity index (χ0) is 13.7. The monoisotopic (exact) mass is 264 g/mol. The number of rotatable bonds is 7. The highest BCUT2D eigenvalue weighted by Crippen LogP contribution is 2.21. The van der Waals surface area contributed by atoms with Crippen LogP contribution >= 0.6 is 0 Å². The molecule has 1 fully saturated rings. The van der Waals surface area contributed by atoms with Crippen LogP contribution in [0.15, 0.2) is 12.4 Å². The Labute approximate surface area is 117 Å². The maximum Gasteiger partial charge on any atom is 0.202 e. The van der Waals surface area contributed by atoms with E-state index in [4.69, 9.17) is 0 Å². The SMILES string of the molecule is CCCCNc1nccn1CC1CCN(C(C)C)C1. The first-order valence-corrected chi connectivity index (χ1v) is 7.69. The van der Waals surface area contributed by atoms with Crippen molar-refractivity contribution in [3.05, 3.63) is 12.4 Å². The Bertz CT molecular complexity index is 372. The second kappa shape index (κ2) is 6.94. The van der Waals surface area contributed by atoms with Gasteiger partial charge in [-0.3, -0.25) is 0 Å². The van der Waals surface area contributed by atoms with Gasteiger partial charge in [0.25, 0.3) is 0 Å². The van der Waals surface area contributed by atoms with Crippen LogP contribution in [-0.2, 0) is 6.54 Å². The van der Waals surface area contributed by atoms with Crippen LogP contribution in [0.25, 0.3) is 0 Å². The average molecular weight is 264 g/mol. The summed E-state index contributed by atoms with van der Waals surface area (Å²) in [6, 6.07) is 0.676. The number of nitrogens with one attached hydrogen (secondary N) is 1. The van der Waals surface area contributed by atoms with Crippen LogP contribution in [0.1, 0.15) is 40.0 Å². The second-order valence-electron chi connectivity index (χ2n) is 5.93. The van der Waals surface area contributed by atoms with Crippen molar-refractivity contribution < 1.29 is 0 Å². The number of hydrogen-bond donors (Lipinski definition) is 1. The highest BCUT2D eigenvalue weighted by atomic mass is 15.2. The molecule has 0 aromatic carbocycles. The first kappa shape index (κ1) is 14.4. The third-order valence-corrected chi connectivity index (χ3v) is 4.03. The molecule has 2 rings (SSSR count). The summed E-state index contributed by atoms with van der Waals surface area (Å²) in [5.41, 5.74) is 0. The molecule has 1 atom stereocenters. The Morgan fingerprint density at radius 3 is 3.00 bits per heavy atom. The second-order valence-corrected chi connectivity index (χ2v) is 5.93. The number of anilines is 1. The van der Waals surface area contributed by atoms with Crippen molar-refractivity contribution in [2.24, 2.45) is 5.92 Å². The van der Waals surface area contributed by atoms with Gasteiger partial charge in [0.05, 0.1) is 0 Å². The van der Waals surface area contributed by atoms with Crippen molar-refractivity contribution in [1.82, 2.24) is 14.5 Å². The maximum atomic E-state index is 4.42. The lowest BCUT2D eigenvalue weighted by atomic mass is 10.1. The molecule has 1 unspecified atom stereocenters. The summed E-state index contributed by atoms with van der Waals surface area (Å²) in [6.45, 7) is 11.4. The highest BCUT2D eigenvalue weighted by molar-refractivity contribution is 5.25. The molecule has 1 aromatic rings. The van der Waals surface area contributed by atoms with Crippen LogP contribution in [0.4, 0.5) is 5.95 Å². The number of likely N-dealkylation sites (tertiary alicyclic amines) is 1. The Kier molecular flexibility index (Phi) is 5.25. The number of hydrogen-bond acceptors (Lipinski definition) is 3. The van der Waals surface area contributed by atoms with E-state index in [-0.39, 0.29) is 0 Å². The van der Waals surface area contributed by atoms with Gasteiger partial charge >= 0.3 is 0 Å². The third-order valence-electron chi connectivity index (χ3n) is 4.03. The lowest BCUT2D eigenvalue weighted by Crippen LogP contribution is -2.28. The van der Waals surface area contributed by atoms with E-state index in [9.17, 15) is 0 Å². The first-order valence-electron chi connectivity index (χ1n) is 7.69. The summed E-state index contributed by atoms with van der Waals surface area (Å²) in [5, 5.41) is 3.44. The number of imidazole rings is 1. The Morgan fingerprint density at radius 1 is 1.47 bits per heavy atom. The third kappa shape index (κ3) is 3.96. The van der Waals surface area contributed by atoms with Crippen molar-refractivity contribution >= 4 is 5.95 Å². The van der Waals surface area contributed by atoms with E-state index in [0.717, 1.165) is 25.0 Å². The normalized spacial score (nSPS) is 20.3. The molecule has 19 heavy (non-hydrogen) atoms. The van der Waals surface area contributed by atoms with Crippen LogP contribution < -0.4 is 5.32 Å². The van der Waals surface area contributed by atoms with E-state index in [1.807, 2.05) is 6.20 Å². The van der Waals surface area contributed by atoms with Gasteiger partial charge in [-0.15, -0.1) is 0 Å². The summed E-state index contributed by atoms with van der Waals surface area (Å²) in [7, 11) is 0. The molecule has 0 radical (unpaired) electrons. The largest absolute Gasteiger partial charge is 0.356 e. The minimum absolute atomic E-state index is 0.676. The van der Waals surface area contributed by atoms with E-state index in [1.54, 1.807) is 0 Å². The number of nitrogens with zero attached hydrogens (tertiary/aromatic N) is 3. The molecule has 2 heterocycles. The molecule has 0 saturated carbocycles. The molecule has 1 aliphatic rings. The van der Waals surface area contributed by atoms with Gasteiger partial charge in [0.2, 0.25) is 5.95 Å². The summed E-state index contributed by atoms with van der Waals surface area (Å²) in [4.78, 5) is 7.00. The van der Waals surface area contributed by atoms with Crippen molar-refractivity contribution in [1.29, 1.82) is 0 Å². The summed E-state index contributed by atoms with van der Waals surface area (Å²) in [6.07, 6.45) is 7.75. The number of unbranched alkanes of at least 4 members (excludes halogenated alkanes) is 1. The van der Waals surface area contributed by atoms with Crippen LogP contribution in [0.5, 0.6) is 0 Å². The van der Waals surface area contributed by atoms with Crippen LogP contribution in [0.3, 0.4) is 0 Å². The standard InChI is InChI=1S/C15H28N4/c1-4-5-7-16-15-17-8-10-19(15)12-14-6-9-18(11-14)13(2)3/h8,10,13-14H,4-7,9,11-12H2,1-3H3,(H,16,17). The van der Waals surface area contributed by atoms with Crippen LogP contribution in [-0.4, -0.2) is 40.1 Å². The molecule has 0 spiro atoms. The lowest BCUT2D eigenvalue weighted by Gasteiger charge is -2.20. The van der Waals surface area contributed by atoms with Gasteiger partial charge in [-0.25, -0.2) is 4.98 Å². The van der Waals surface area contributed by atoms with Crippen molar-refractivity contribution in [3.63, 3.8) is 0 Å². The predicted octanol–water partition coefficient (Wildman–Crippen LogP) is 2.83. The quantitative estimate of drug-likeness (QED) is 0.769. The van der Waals surface area contributed by atoms with E-state index in [0.29, 0.717) is 6.04 Å². The van der Waals surface area contributed by atoms with E-state index in [1.165, 1.54) is 32.4 Å².